The van der Waals surface area contributed by atoms with Crippen molar-refractivity contribution in [2.45, 2.75) is 19.6 Å². The Bertz CT molecular complexity index is 28.0. The molecule has 52 valence electrons. The molecule has 0 radical (unpaired) electrons. The highest BCUT2D eigenvalue weighted by atomic mass is 35.7. The second-order valence-electron chi connectivity index (χ2n) is 1.53. The summed E-state index contributed by atoms with van der Waals surface area (Å²) in [6.45, 7) is 5.98. The van der Waals surface area contributed by atoms with Crippen LogP contribution in [-0.4, -0.2) is 15.5 Å². The molecular formula is C3H11Cl3Si2. The van der Waals surface area contributed by atoms with Gasteiger partial charge in [-0.1, -0.05) is 13.1 Å². The second kappa shape index (κ2) is 8.30. The van der Waals surface area contributed by atoms with Crippen molar-refractivity contribution in [1.29, 1.82) is 0 Å². The van der Waals surface area contributed by atoms with Crippen LogP contribution in [0.5, 0.6) is 0 Å². The first-order chi connectivity index (χ1) is 3.46. The smallest absolute Gasteiger partial charge is 0.172 e. The molecule has 0 atom stereocenters. The summed E-state index contributed by atoms with van der Waals surface area (Å²) in [4.78, 5) is 0. The molecule has 0 rings (SSSR count). The lowest BCUT2D eigenvalue weighted by Crippen LogP contribution is -1.78. The van der Waals surface area contributed by atoms with Crippen LogP contribution >= 0.6 is 33.2 Å². The zero-order chi connectivity index (χ0) is 7.15. The van der Waals surface area contributed by atoms with Crippen LogP contribution in [-0.2, 0) is 0 Å². The summed E-state index contributed by atoms with van der Waals surface area (Å²) in [5.41, 5.74) is 0. The maximum atomic E-state index is 5.41. The lowest BCUT2D eigenvalue weighted by molar-refractivity contribution is 2.10. The van der Waals surface area contributed by atoms with Crippen molar-refractivity contribution in [3.05, 3.63) is 0 Å². The maximum absolute atomic E-state index is 5.41. The maximum Gasteiger partial charge on any atom is 0.234 e. The zero-order valence-electron chi connectivity index (χ0n) is 5.29. The highest BCUT2D eigenvalue weighted by Gasteiger charge is 1.80. The number of hydrogen-bond acceptors (Lipinski definition) is 0. The zero-order valence-corrected chi connectivity index (χ0v) is 9.87. The molecule has 0 aromatic rings. The fraction of sp³-hybridized carbons (Fsp3) is 1.00. The van der Waals surface area contributed by atoms with Crippen molar-refractivity contribution in [3.8, 4) is 0 Å². The molecule has 0 heterocycles. The Balaban J connectivity index is 0. The van der Waals surface area contributed by atoms with Gasteiger partial charge in [-0.25, -0.2) is 0 Å². The van der Waals surface area contributed by atoms with Crippen molar-refractivity contribution >= 4 is 48.8 Å². The van der Waals surface area contributed by atoms with Crippen LogP contribution in [0.25, 0.3) is 0 Å². The van der Waals surface area contributed by atoms with E-state index in [0.717, 1.165) is 0 Å². The molecule has 0 nitrogen and oxygen atoms in total. The van der Waals surface area contributed by atoms with Crippen LogP contribution in [0.15, 0.2) is 0 Å². The molecule has 0 fully saturated rings. The average molecular weight is 210 g/mol. The molecule has 0 aromatic heterocycles. The Morgan fingerprint density at radius 1 is 0.875 bits per heavy atom. The summed E-state index contributed by atoms with van der Waals surface area (Å²) in [7, 11) is -1.86. The summed E-state index contributed by atoms with van der Waals surface area (Å²) in [6, 6.07) is 0. The monoisotopic (exact) mass is 208 g/mol. The first-order valence-electron chi connectivity index (χ1n) is 2.39. The van der Waals surface area contributed by atoms with Crippen LogP contribution in [0.2, 0.25) is 19.6 Å². The summed E-state index contributed by atoms with van der Waals surface area (Å²) in [6.07, 6.45) is 0. The van der Waals surface area contributed by atoms with E-state index in [1.165, 1.54) is 0 Å². The van der Waals surface area contributed by atoms with E-state index < -0.39 is 15.5 Å². The van der Waals surface area contributed by atoms with Crippen molar-refractivity contribution in [2.75, 3.05) is 0 Å². The number of halogens is 3. The molecule has 0 aliphatic heterocycles. The van der Waals surface area contributed by atoms with Gasteiger partial charge in [-0.2, -0.15) is 33.2 Å². The fourth-order valence-corrected chi connectivity index (χ4v) is 0. The van der Waals surface area contributed by atoms with Crippen LogP contribution in [0.3, 0.4) is 0 Å². The largest absolute Gasteiger partial charge is 0.234 e. The van der Waals surface area contributed by atoms with E-state index >= 15 is 0 Å². The molecule has 5 heteroatoms. The number of rotatable bonds is 0. The summed E-state index contributed by atoms with van der Waals surface area (Å²) in [5.74, 6) is 0. The standard InChI is InChI=1S/C2H7ClSi.CH4Cl2Si/c2*1-4(2)3/h4H,1-2H3;4H,1H3. The Labute approximate surface area is 68.5 Å². The van der Waals surface area contributed by atoms with Crippen molar-refractivity contribution < 1.29 is 0 Å². The Kier molecular flexibility index (Phi) is 12.5. The highest BCUT2D eigenvalue weighted by Crippen LogP contribution is 1.89. The minimum atomic E-state index is -1.19. The summed E-state index contributed by atoms with van der Waals surface area (Å²) >= 11 is 15.8. The van der Waals surface area contributed by atoms with E-state index in [-0.39, 0.29) is 0 Å². The van der Waals surface area contributed by atoms with Gasteiger partial charge in [0.05, 0.1) is 0 Å². The van der Waals surface area contributed by atoms with Gasteiger partial charge in [0.1, 0.15) is 8.11 Å². The normalized spacial score (nSPS) is 9.00. The van der Waals surface area contributed by atoms with Crippen molar-refractivity contribution in [2.24, 2.45) is 0 Å². The second-order valence-corrected chi connectivity index (χ2v) is 11.8. The molecule has 0 aliphatic carbocycles. The van der Waals surface area contributed by atoms with Gasteiger partial charge in [-0.15, -0.1) is 0 Å². The molecule has 0 saturated carbocycles. The third-order valence-corrected chi connectivity index (χ3v) is 0. The predicted octanol–water partition coefficient (Wildman–Crippen LogP) is 2.52. The van der Waals surface area contributed by atoms with Crippen LogP contribution in [0, 0.1) is 0 Å². The van der Waals surface area contributed by atoms with Gasteiger partial charge >= 0.3 is 0 Å². The minimum Gasteiger partial charge on any atom is -0.172 e. The molecule has 0 saturated heterocycles. The average Bonchev–Trinajstić information content (AvgIpc) is 1.25. The quantitative estimate of drug-likeness (QED) is 0.425. The first-order valence-corrected chi connectivity index (χ1v) is 11.1. The van der Waals surface area contributed by atoms with Crippen LogP contribution in [0.1, 0.15) is 0 Å². The van der Waals surface area contributed by atoms with Gasteiger partial charge < -0.3 is 0 Å². The SMILES string of the molecule is C[SiH](C)Cl.C[SiH](Cl)Cl. The molecule has 0 unspecified atom stereocenters. The Morgan fingerprint density at radius 3 is 0.875 bits per heavy atom. The van der Waals surface area contributed by atoms with Crippen molar-refractivity contribution in [1.82, 2.24) is 0 Å². The molecular weight excluding hydrogens is 199 g/mol. The van der Waals surface area contributed by atoms with E-state index in [1.54, 1.807) is 0 Å². The lowest BCUT2D eigenvalue weighted by atomic mass is 11.9. The van der Waals surface area contributed by atoms with Gasteiger partial charge in [0.15, 0.2) is 0 Å². The summed E-state index contributed by atoms with van der Waals surface area (Å²) < 4.78 is 0. The molecule has 0 N–H and O–H groups in total. The van der Waals surface area contributed by atoms with Gasteiger partial charge in [0, 0.05) is 0 Å². The highest BCUT2D eigenvalue weighted by molar-refractivity contribution is 7.33. The first kappa shape index (κ1) is 12.0. The van der Waals surface area contributed by atoms with Crippen LogP contribution in [0.4, 0.5) is 0 Å². The minimum absolute atomic E-state index is 0.667. The Hall–Kier alpha value is 1.30. The molecule has 0 aliphatic rings. The molecule has 8 heavy (non-hydrogen) atoms. The van der Waals surface area contributed by atoms with Gasteiger partial charge in [-0.3, -0.25) is 0 Å². The van der Waals surface area contributed by atoms with E-state index in [9.17, 15) is 0 Å². The lowest BCUT2D eigenvalue weighted by Gasteiger charge is -1.72. The number of hydrogen-bond donors (Lipinski definition) is 0. The third-order valence-electron chi connectivity index (χ3n) is 0. The van der Waals surface area contributed by atoms with Gasteiger partial charge in [0.25, 0.3) is 0 Å². The fourth-order valence-electron chi connectivity index (χ4n) is 0. The van der Waals surface area contributed by atoms with E-state index in [4.69, 9.17) is 33.2 Å². The van der Waals surface area contributed by atoms with Gasteiger partial charge in [0.2, 0.25) is 7.42 Å². The van der Waals surface area contributed by atoms with E-state index in [1.807, 2.05) is 6.55 Å². The van der Waals surface area contributed by atoms with E-state index in [2.05, 4.69) is 13.1 Å². The van der Waals surface area contributed by atoms with Crippen LogP contribution < -0.4 is 0 Å². The molecule has 0 spiro atoms. The molecule has 0 amide bonds. The molecule has 0 bridgehead atoms. The third kappa shape index (κ3) is 171. The molecule has 0 aromatic carbocycles. The summed E-state index contributed by atoms with van der Waals surface area (Å²) in [5, 5.41) is 0. The van der Waals surface area contributed by atoms with E-state index in [0.29, 0.717) is 0 Å². The van der Waals surface area contributed by atoms with Crippen molar-refractivity contribution in [3.63, 3.8) is 0 Å². The predicted molar refractivity (Wildman–Crippen MR) is 49.4 cm³/mol. The topological polar surface area (TPSA) is 0 Å². The van der Waals surface area contributed by atoms with Gasteiger partial charge in [-0.05, 0) is 6.55 Å². The Morgan fingerprint density at radius 2 is 0.875 bits per heavy atom.